The van der Waals surface area contributed by atoms with E-state index in [1.54, 1.807) is 0 Å². The molecule has 0 bridgehead atoms. The van der Waals surface area contributed by atoms with Gasteiger partial charge < -0.3 is 15.3 Å². The Morgan fingerprint density at radius 1 is 0.533 bits per heavy atom. The lowest BCUT2D eigenvalue weighted by atomic mass is 10.0. The Kier molecular flexibility index (Phi) is 23.4. The van der Waals surface area contributed by atoms with E-state index in [-0.39, 0.29) is 18.8 Å². The molecule has 0 rings (SSSR count). The van der Waals surface area contributed by atoms with Gasteiger partial charge in [-0.25, -0.2) is 0 Å². The van der Waals surface area contributed by atoms with Crippen molar-refractivity contribution in [3.63, 3.8) is 0 Å². The molecule has 0 aliphatic heterocycles. The third-order valence-corrected chi connectivity index (χ3v) is 6.14. The van der Waals surface area contributed by atoms with Crippen molar-refractivity contribution in [2.75, 3.05) is 26.2 Å². The predicted octanol–water partition coefficient (Wildman–Crippen LogP) is 6.06. The number of nitrogens with zero attached hydrogens (tertiary/aromatic N) is 1. The van der Waals surface area contributed by atoms with E-state index in [0.29, 0.717) is 19.6 Å². The lowest BCUT2D eigenvalue weighted by molar-refractivity contribution is 0.0519. The summed E-state index contributed by atoms with van der Waals surface area (Å²) in [6, 6.07) is 0. The molecular formula is C26H55NO3. The van der Waals surface area contributed by atoms with Crippen LogP contribution in [0.3, 0.4) is 0 Å². The molecule has 4 nitrogen and oxygen atoms in total. The maximum Gasteiger partial charge on any atom is 0.0667 e. The van der Waals surface area contributed by atoms with Crippen LogP contribution in [0.4, 0.5) is 0 Å². The first-order valence-electron chi connectivity index (χ1n) is 13.3. The molecule has 0 aromatic heterocycles. The highest BCUT2D eigenvalue weighted by molar-refractivity contribution is 4.69. The fourth-order valence-electron chi connectivity index (χ4n) is 4.20. The Morgan fingerprint density at radius 3 is 1.20 bits per heavy atom. The maximum atomic E-state index is 10.4. The molecule has 0 aromatic rings. The summed E-state index contributed by atoms with van der Waals surface area (Å²) in [5.74, 6) is 0. The first kappa shape index (κ1) is 29.8. The molecule has 0 aromatic carbocycles. The summed E-state index contributed by atoms with van der Waals surface area (Å²) in [6.45, 7) is 6.23. The highest BCUT2D eigenvalue weighted by atomic mass is 16.3. The van der Waals surface area contributed by atoms with E-state index in [4.69, 9.17) is 0 Å². The summed E-state index contributed by atoms with van der Waals surface area (Å²) in [5, 5.41) is 30.1. The minimum absolute atomic E-state index is 0.0783. The number of aliphatic hydroxyl groups excluding tert-OH is 3. The van der Waals surface area contributed by atoms with Gasteiger partial charge in [0, 0.05) is 19.6 Å². The Morgan fingerprint density at radius 2 is 0.867 bits per heavy atom. The van der Waals surface area contributed by atoms with E-state index in [2.05, 4.69) is 13.8 Å². The first-order chi connectivity index (χ1) is 14.6. The molecule has 0 spiro atoms. The molecule has 0 amide bonds. The fourth-order valence-corrected chi connectivity index (χ4v) is 4.20. The molecular weight excluding hydrogens is 374 g/mol. The second-order valence-electron chi connectivity index (χ2n) is 9.32. The summed E-state index contributed by atoms with van der Waals surface area (Å²) in [4.78, 5) is 2.03. The standard InChI is InChI=1S/C26H55NO3/c1-3-5-7-9-11-13-15-17-19-25(29)23-27(21-22-28)24-26(30)20-18-16-14-12-10-8-6-4-2/h25-26,28-30H,3-24H2,1-2H3. The Balaban J connectivity index is 3.77. The van der Waals surface area contributed by atoms with E-state index in [1.807, 2.05) is 4.90 Å². The smallest absolute Gasteiger partial charge is 0.0667 e. The van der Waals surface area contributed by atoms with Crippen LogP contribution in [0.15, 0.2) is 0 Å². The van der Waals surface area contributed by atoms with Crippen molar-refractivity contribution in [2.24, 2.45) is 0 Å². The van der Waals surface area contributed by atoms with Crippen LogP contribution in [-0.2, 0) is 0 Å². The zero-order valence-corrected chi connectivity index (χ0v) is 20.5. The first-order valence-corrected chi connectivity index (χ1v) is 13.3. The van der Waals surface area contributed by atoms with E-state index >= 15 is 0 Å². The highest BCUT2D eigenvalue weighted by Gasteiger charge is 2.15. The van der Waals surface area contributed by atoms with Gasteiger partial charge in [-0.15, -0.1) is 0 Å². The van der Waals surface area contributed by atoms with Crippen LogP contribution in [-0.4, -0.2) is 58.7 Å². The van der Waals surface area contributed by atoms with Crippen molar-refractivity contribution in [3.8, 4) is 0 Å². The number of hydrogen-bond acceptors (Lipinski definition) is 4. The van der Waals surface area contributed by atoms with Gasteiger partial charge in [0.2, 0.25) is 0 Å². The molecule has 0 saturated heterocycles. The summed E-state index contributed by atoms with van der Waals surface area (Å²) in [7, 11) is 0. The molecule has 0 aliphatic carbocycles. The van der Waals surface area contributed by atoms with Crippen LogP contribution in [0.25, 0.3) is 0 Å². The quantitative estimate of drug-likeness (QED) is 0.163. The van der Waals surface area contributed by atoms with Crippen molar-refractivity contribution in [1.29, 1.82) is 0 Å². The van der Waals surface area contributed by atoms with Gasteiger partial charge in [0.15, 0.2) is 0 Å². The number of hydrogen-bond donors (Lipinski definition) is 3. The molecule has 0 heterocycles. The van der Waals surface area contributed by atoms with E-state index in [1.165, 1.54) is 89.9 Å². The van der Waals surface area contributed by atoms with E-state index in [9.17, 15) is 15.3 Å². The zero-order valence-electron chi connectivity index (χ0n) is 20.5. The van der Waals surface area contributed by atoms with Gasteiger partial charge >= 0.3 is 0 Å². The molecule has 2 unspecified atom stereocenters. The molecule has 182 valence electrons. The second kappa shape index (κ2) is 23.5. The molecule has 0 radical (unpaired) electrons. The molecule has 2 atom stereocenters. The van der Waals surface area contributed by atoms with Crippen LogP contribution >= 0.6 is 0 Å². The summed E-state index contributed by atoms with van der Waals surface area (Å²) in [5.41, 5.74) is 0. The topological polar surface area (TPSA) is 63.9 Å². The van der Waals surface area contributed by atoms with Crippen molar-refractivity contribution >= 4 is 0 Å². The number of rotatable bonds is 24. The lowest BCUT2D eigenvalue weighted by Gasteiger charge is -2.26. The highest BCUT2D eigenvalue weighted by Crippen LogP contribution is 2.13. The van der Waals surface area contributed by atoms with Crippen molar-refractivity contribution in [1.82, 2.24) is 4.90 Å². The van der Waals surface area contributed by atoms with Crippen molar-refractivity contribution in [3.05, 3.63) is 0 Å². The van der Waals surface area contributed by atoms with Gasteiger partial charge in [-0.2, -0.15) is 0 Å². The number of aliphatic hydroxyl groups is 3. The van der Waals surface area contributed by atoms with Gasteiger partial charge in [-0.3, -0.25) is 4.90 Å². The van der Waals surface area contributed by atoms with E-state index < -0.39 is 0 Å². The third-order valence-electron chi connectivity index (χ3n) is 6.14. The Labute approximate surface area is 188 Å². The van der Waals surface area contributed by atoms with Gasteiger partial charge in [0.1, 0.15) is 0 Å². The summed E-state index contributed by atoms with van der Waals surface area (Å²) in [6.07, 6.45) is 21.4. The monoisotopic (exact) mass is 429 g/mol. The third kappa shape index (κ3) is 21.1. The molecule has 0 fully saturated rings. The summed E-state index contributed by atoms with van der Waals surface area (Å²) < 4.78 is 0. The van der Waals surface area contributed by atoms with Gasteiger partial charge in [-0.1, -0.05) is 117 Å². The average Bonchev–Trinajstić information content (AvgIpc) is 2.72. The maximum absolute atomic E-state index is 10.4. The summed E-state index contributed by atoms with van der Waals surface area (Å²) >= 11 is 0. The minimum atomic E-state index is -0.355. The molecule has 30 heavy (non-hydrogen) atoms. The Bertz CT molecular complexity index is 299. The number of unbranched alkanes of at least 4 members (excludes halogenated alkanes) is 14. The van der Waals surface area contributed by atoms with Gasteiger partial charge in [0.05, 0.1) is 18.8 Å². The normalized spacial score (nSPS) is 13.8. The largest absolute Gasteiger partial charge is 0.395 e. The molecule has 4 heteroatoms. The molecule has 0 saturated carbocycles. The fraction of sp³-hybridized carbons (Fsp3) is 1.00. The van der Waals surface area contributed by atoms with Crippen LogP contribution in [0.1, 0.15) is 129 Å². The minimum Gasteiger partial charge on any atom is -0.395 e. The van der Waals surface area contributed by atoms with Crippen LogP contribution in [0, 0.1) is 0 Å². The van der Waals surface area contributed by atoms with Crippen LogP contribution in [0.2, 0.25) is 0 Å². The van der Waals surface area contributed by atoms with Crippen LogP contribution in [0.5, 0.6) is 0 Å². The molecule has 3 N–H and O–H groups in total. The SMILES string of the molecule is CCCCCCCCCCC(O)CN(CCO)CC(O)CCCCCCCCCC. The molecule has 0 aliphatic rings. The average molecular weight is 430 g/mol. The predicted molar refractivity (Wildman–Crippen MR) is 130 cm³/mol. The van der Waals surface area contributed by atoms with E-state index in [0.717, 1.165) is 25.7 Å². The second-order valence-corrected chi connectivity index (χ2v) is 9.32. The van der Waals surface area contributed by atoms with Gasteiger partial charge in [0.25, 0.3) is 0 Å². The van der Waals surface area contributed by atoms with Crippen LogP contribution < -0.4 is 0 Å². The van der Waals surface area contributed by atoms with Crippen molar-refractivity contribution in [2.45, 2.75) is 142 Å². The van der Waals surface area contributed by atoms with Crippen molar-refractivity contribution < 1.29 is 15.3 Å². The van der Waals surface area contributed by atoms with Gasteiger partial charge in [-0.05, 0) is 12.8 Å². The Hall–Kier alpha value is -0.160. The zero-order chi connectivity index (χ0) is 22.3. The lowest BCUT2D eigenvalue weighted by Crippen LogP contribution is -2.39.